The average molecular weight is 575 g/mol. The van der Waals surface area contributed by atoms with Gasteiger partial charge in [-0.25, -0.2) is 9.38 Å². The molecule has 3 aromatic carbocycles. The molecule has 7 heteroatoms. The molecule has 1 atom stereocenters. The van der Waals surface area contributed by atoms with Gasteiger partial charge >= 0.3 is 0 Å². The van der Waals surface area contributed by atoms with Crippen molar-refractivity contribution >= 4 is 45.7 Å². The Morgan fingerprint density at radius 3 is 2.58 bits per heavy atom. The van der Waals surface area contributed by atoms with Crippen LogP contribution in [0.15, 0.2) is 77.8 Å². The molecule has 40 heavy (non-hydrogen) atoms. The SMILES string of the molecule is CC(C)(C)[C@@H]1CCc2c(sc(N=Cc3ccccc3OCc3ccccc3F)c2C(=O)Nc2ccc(Cl)cc2)C1. The number of nitrogens with one attached hydrogen (secondary N) is 1. The number of anilines is 1. The fraction of sp³-hybridized carbons (Fsp3) is 0.273. The van der Waals surface area contributed by atoms with E-state index in [2.05, 4.69) is 26.1 Å². The lowest BCUT2D eigenvalue weighted by Crippen LogP contribution is -2.27. The molecule has 1 N–H and O–H groups in total. The van der Waals surface area contributed by atoms with E-state index < -0.39 is 0 Å². The van der Waals surface area contributed by atoms with E-state index >= 15 is 0 Å². The molecule has 1 heterocycles. The molecule has 0 saturated carbocycles. The van der Waals surface area contributed by atoms with Gasteiger partial charge in [0.05, 0.1) is 5.56 Å². The highest BCUT2D eigenvalue weighted by molar-refractivity contribution is 7.16. The van der Waals surface area contributed by atoms with Crippen molar-refractivity contribution in [2.24, 2.45) is 16.3 Å². The van der Waals surface area contributed by atoms with Gasteiger partial charge in [0.1, 0.15) is 23.2 Å². The first-order valence-corrected chi connectivity index (χ1v) is 14.6. The summed E-state index contributed by atoms with van der Waals surface area (Å²) in [6.45, 7) is 6.94. The fourth-order valence-corrected chi connectivity index (χ4v) is 6.37. The lowest BCUT2D eigenvalue weighted by atomic mass is 9.72. The minimum Gasteiger partial charge on any atom is -0.488 e. The van der Waals surface area contributed by atoms with Crippen molar-refractivity contribution in [1.29, 1.82) is 0 Å². The zero-order chi connectivity index (χ0) is 28.3. The molecule has 0 fully saturated rings. The molecule has 0 unspecified atom stereocenters. The number of rotatable bonds is 7. The molecule has 1 aromatic heterocycles. The van der Waals surface area contributed by atoms with E-state index in [0.717, 1.165) is 30.4 Å². The first kappa shape index (κ1) is 28.1. The van der Waals surface area contributed by atoms with Crippen molar-refractivity contribution in [3.63, 3.8) is 0 Å². The van der Waals surface area contributed by atoms with E-state index in [1.165, 1.54) is 10.9 Å². The summed E-state index contributed by atoms with van der Waals surface area (Å²) in [6.07, 6.45) is 4.54. The van der Waals surface area contributed by atoms with Crippen molar-refractivity contribution in [3.05, 3.63) is 111 Å². The van der Waals surface area contributed by atoms with Crippen molar-refractivity contribution in [1.82, 2.24) is 0 Å². The molecule has 206 valence electrons. The van der Waals surface area contributed by atoms with E-state index in [1.54, 1.807) is 60.0 Å². The molecule has 0 bridgehead atoms. The molecule has 4 aromatic rings. The first-order valence-electron chi connectivity index (χ1n) is 13.4. The first-order chi connectivity index (χ1) is 19.2. The van der Waals surface area contributed by atoms with Gasteiger partial charge in [0, 0.05) is 32.9 Å². The molecule has 0 saturated heterocycles. The number of nitrogens with zero attached hydrogens (tertiary/aromatic N) is 1. The van der Waals surface area contributed by atoms with E-state index in [1.807, 2.05) is 24.3 Å². The monoisotopic (exact) mass is 574 g/mol. The second kappa shape index (κ2) is 11.9. The summed E-state index contributed by atoms with van der Waals surface area (Å²) in [4.78, 5) is 19.7. The van der Waals surface area contributed by atoms with Crippen LogP contribution in [0.3, 0.4) is 0 Å². The number of para-hydroxylation sites is 1. The summed E-state index contributed by atoms with van der Waals surface area (Å²) >= 11 is 7.63. The summed E-state index contributed by atoms with van der Waals surface area (Å²) in [5.74, 6) is 0.652. The maximum atomic E-state index is 14.1. The maximum absolute atomic E-state index is 14.1. The number of hydrogen-bond donors (Lipinski definition) is 1. The smallest absolute Gasteiger partial charge is 0.259 e. The zero-order valence-electron chi connectivity index (χ0n) is 22.8. The average Bonchev–Trinajstić information content (AvgIpc) is 3.30. The summed E-state index contributed by atoms with van der Waals surface area (Å²) in [6, 6.07) is 21.2. The topological polar surface area (TPSA) is 50.7 Å². The minimum atomic E-state index is -0.303. The van der Waals surface area contributed by atoms with Crippen LogP contribution >= 0.6 is 22.9 Å². The molecule has 0 radical (unpaired) electrons. The molecule has 0 aliphatic heterocycles. The van der Waals surface area contributed by atoms with Gasteiger partial charge in [0.2, 0.25) is 0 Å². The standard InChI is InChI=1S/C33H32ClFN2O2S/c1-33(2,3)23-12-17-26-29(18-23)40-32(30(26)31(38)37-25-15-13-24(34)14-16-25)36-19-21-8-5-7-11-28(21)39-20-22-9-4-6-10-27(22)35/h4-11,13-16,19,23H,12,17-18,20H2,1-3H3,(H,37,38)/t23-/m1/s1. The number of hydrogen-bond acceptors (Lipinski definition) is 4. The van der Waals surface area contributed by atoms with Gasteiger partial charge in [-0.2, -0.15) is 0 Å². The number of halogens is 2. The quantitative estimate of drug-likeness (QED) is 0.224. The number of aliphatic imine (C=N–C) groups is 1. The summed E-state index contributed by atoms with van der Waals surface area (Å²) in [7, 11) is 0. The Hall–Kier alpha value is -3.48. The Bertz CT molecular complexity index is 1540. The molecule has 0 spiro atoms. The van der Waals surface area contributed by atoms with E-state index in [-0.39, 0.29) is 23.7 Å². The van der Waals surface area contributed by atoms with E-state index in [0.29, 0.717) is 38.5 Å². The lowest BCUT2D eigenvalue weighted by molar-refractivity contribution is 0.102. The van der Waals surface area contributed by atoms with Crippen LogP contribution in [0.25, 0.3) is 0 Å². The second-order valence-corrected chi connectivity index (χ2v) is 12.6. The third-order valence-electron chi connectivity index (χ3n) is 7.38. The highest BCUT2D eigenvalue weighted by atomic mass is 35.5. The van der Waals surface area contributed by atoms with Crippen molar-refractivity contribution in [2.45, 2.75) is 46.6 Å². The van der Waals surface area contributed by atoms with Gasteiger partial charge in [-0.1, -0.05) is 62.7 Å². The molecule has 1 aliphatic carbocycles. The van der Waals surface area contributed by atoms with E-state index in [9.17, 15) is 9.18 Å². The number of fused-ring (bicyclic) bond motifs is 1. The Kier molecular flexibility index (Phi) is 8.38. The zero-order valence-corrected chi connectivity index (χ0v) is 24.4. The minimum absolute atomic E-state index is 0.105. The third-order valence-corrected chi connectivity index (χ3v) is 8.80. The fourth-order valence-electron chi connectivity index (χ4n) is 4.98. The van der Waals surface area contributed by atoms with Crippen LogP contribution in [0, 0.1) is 17.2 Å². The van der Waals surface area contributed by atoms with Crippen LogP contribution in [-0.2, 0) is 19.4 Å². The van der Waals surface area contributed by atoms with E-state index in [4.69, 9.17) is 21.3 Å². The lowest BCUT2D eigenvalue weighted by Gasteiger charge is -2.33. The molecular weight excluding hydrogens is 543 g/mol. The predicted molar refractivity (Wildman–Crippen MR) is 163 cm³/mol. The van der Waals surface area contributed by atoms with Gasteiger partial charge in [0.25, 0.3) is 5.91 Å². The number of carbonyl (C=O) groups excluding carboxylic acids is 1. The van der Waals surface area contributed by atoms with Crippen LogP contribution in [-0.4, -0.2) is 12.1 Å². The Labute approximate surface area is 243 Å². The van der Waals surface area contributed by atoms with Gasteiger partial charge < -0.3 is 10.1 Å². The summed E-state index contributed by atoms with van der Waals surface area (Å²) < 4.78 is 20.1. The van der Waals surface area contributed by atoms with Crippen LogP contribution in [0.5, 0.6) is 5.75 Å². The Balaban J connectivity index is 1.45. The Morgan fingerprint density at radius 1 is 1.10 bits per heavy atom. The van der Waals surface area contributed by atoms with Crippen LogP contribution in [0.1, 0.15) is 59.1 Å². The van der Waals surface area contributed by atoms with Crippen LogP contribution in [0.2, 0.25) is 5.02 Å². The van der Waals surface area contributed by atoms with Crippen molar-refractivity contribution in [2.75, 3.05) is 5.32 Å². The summed E-state index contributed by atoms with van der Waals surface area (Å²) in [5, 5.41) is 4.32. The van der Waals surface area contributed by atoms with Gasteiger partial charge in [0.15, 0.2) is 0 Å². The van der Waals surface area contributed by atoms with Crippen LogP contribution < -0.4 is 10.1 Å². The molecule has 5 rings (SSSR count). The van der Waals surface area contributed by atoms with Crippen molar-refractivity contribution in [3.8, 4) is 5.75 Å². The normalized spacial score (nSPS) is 15.2. The number of amides is 1. The Morgan fingerprint density at radius 2 is 1.82 bits per heavy atom. The molecule has 4 nitrogen and oxygen atoms in total. The predicted octanol–water partition coefficient (Wildman–Crippen LogP) is 9.27. The second-order valence-electron chi connectivity index (χ2n) is 11.1. The molecule has 1 aliphatic rings. The number of thiophene rings is 1. The molecular formula is C33H32ClFN2O2S. The van der Waals surface area contributed by atoms with Crippen molar-refractivity contribution < 1.29 is 13.9 Å². The highest BCUT2D eigenvalue weighted by Crippen LogP contribution is 2.45. The number of ether oxygens (including phenoxy) is 1. The maximum Gasteiger partial charge on any atom is 0.259 e. The number of carbonyl (C=O) groups is 1. The summed E-state index contributed by atoms with van der Waals surface area (Å²) in [5.41, 5.74) is 3.82. The van der Waals surface area contributed by atoms with Gasteiger partial charge in [-0.05, 0) is 78.6 Å². The highest BCUT2D eigenvalue weighted by Gasteiger charge is 2.33. The third kappa shape index (κ3) is 6.45. The van der Waals surface area contributed by atoms with Gasteiger partial charge in [-0.3, -0.25) is 4.79 Å². The molecule has 1 amide bonds. The van der Waals surface area contributed by atoms with Gasteiger partial charge in [-0.15, -0.1) is 11.3 Å². The number of benzene rings is 3. The van der Waals surface area contributed by atoms with Crippen LogP contribution in [0.4, 0.5) is 15.1 Å². The largest absolute Gasteiger partial charge is 0.488 e.